The number of nitrogens with zero attached hydrogens (tertiary/aromatic N) is 1. The van der Waals surface area contributed by atoms with Crippen LogP contribution in [0.4, 0.5) is 5.69 Å². The van der Waals surface area contributed by atoms with Gasteiger partial charge in [-0.2, -0.15) is 0 Å². The van der Waals surface area contributed by atoms with E-state index in [-0.39, 0.29) is 17.3 Å². The largest absolute Gasteiger partial charge is 0.493 e. The predicted octanol–water partition coefficient (Wildman–Crippen LogP) is 2.22. The molecule has 1 fully saturated rings. The Morgan fingerprint density at radius 2 is 2.29 bits per heavy atom. The first-order chi connectivity index (χ1) is 9.97. The van der Waals surface area contributed by atoms with Gasteiger partial charge < -0.3 is 15.2 Å². The molecule has 0 heterocycles. The summed E-state index contributed by atoms with van der Waals surface area (Å²) in [5.74, 6) is -0.534. The van der Waals surface area contributed by atoms with Crippen molar-refractivity contribution in [3.05, 3.63) is 33.3 Å². The zero-order chi connectivity index (χ0) is 15.4. The zero-order valence-electron chi connectivity index (χ0n) is 11.1. The average molecular weight is 315 g/mol. The van der Waals surface area contributed by atoms with Crippen LogP contribution in [0.25, 0.3) is 0 Å². The Hall–Kier alpha value is -1.86. The minimum absolute atomic E-state index is 0.0108. The fourth-order valence-corrected chi connectivity index (χ4v) is 2.07. The van der Waals surface area contributed by atoms with E-state index in [0.29, 0.717) is 18.2 Å². The molecule has 114 valence electrons. The van der Waals surface area contributed by atoms with Gasteiger partial charge in [0.15, 0.2) is 0 Å². The summed E-state index contributed by atoms with van der Waals surface area (Å²) in [7, 11) is 0. The molecule has 0 aliphatic heterocycles. The number of hydrogen-bond acceptors (Lipinski definition) is 5. The van der Waals surface area contributed by atoms with Crippen molar-refractivity contribution in [1.29, 1.82) is 0 Å². The highest BCUT2D eigenvalue weighted by atomic mass is 35.5. The van der Waals surface area contributed by atoms with Crippen molar-refractivity contribution >= 4 is 23.3 Å². The van der Waals surface area contributed by atoms with Crippen molar-refractivity contribution in [2.24, 2.45) is 0 Å². The normalized spacial score (nSPS) is 15.5. The van der Waals surface area contributed by atoms with Gasteiger partial charge in [-0.25, -0.2) is 0 Å². The van der Waals surface area contributed by atoms with E-state index in [0.717, 1.165) is 12.8 Å². The number of nitrogens with one attached hydrogen (secondary N) is 1. The molecule has 1 aliphatic carbocycles. The Bertz CT molecular complexity index is 547. The molecule has 0 spiro atoms. The maximum Gasteiger partial charge on any atom is 0.320 e. The Morgan fingerprint density at radius 3 is 2.81 bits per heavy atom. The summed E-state index contributed by atoms with van der Waals surface area (Å²) in [5.41, 5.74) is -0.192. The van der Waals surface area contributed by atoms with Gasteiger partial charge in [-0.05, 0) is 18.9 Å². The molecule has 0 bridgehead atoms. The van der Waals surface area contributed by atoms with Crippen LogP contribution in [0.1, 0.15) is 19.3 Å². The van der Waals surface area contributed by atoms with Gasteiger partial charge in [0.25, 0.3) is 5.69 Å². The Kier molecular flexibility index (Phi) is 4.98. The Balaban J connectivity index is 1.85. The fraction of sp³-hybridized carbons (Fsp3) is 0.462. The van der Waals surface area contributed by atoms with E-state index in [4.69, 9.17) is 21.4 Å². The maximum atomic E-state index is 11.1. The molecule has 7 nitrogen and oxygen atoms in total. The molecule has 1 atom stereocenters. The minimum atomic E-state index is -0.910. The van der Waals surface area contributed by atoms with E-state index in [1.807, 2.05) is 0 Å². The molecule has 1 saturated carbocycles. The molecule has 0 amide bonds. The number of benzene rings is 1. The molecule has 0 aromatic heterocycles. The lowest BCUT2D eigenvalue weighted by Crippen LogP contribution is -2.39. The Morgan fingerprint density at radius 1 is 1.57 bits per heavy atom. The number of rotatable bonds is 8. The summed E-state index contributed by atoms with van der Waals surface area (Å²) in [6, 6.07) is 3.69. The second-order valence-electron chi connectivity index (χ2n) is 4.84. The second-order valence-corrected chi connectivity index (χ2v) is 5.25. The lowest BCUT2D eigenvalue weighted by atomic mass is 10.2. The standard InChI is InChI=1S/C13H15ClN2O5/c14-10-7-9(3-4-12(10)16(19)20)21-6-5-11(13(17)18)15-8-1-2-8/h3-4,7-8,11,15H,1-2,5-6H2,(H,17,18). The Labute approximate surface area is 126 Å². The van der Waals surface area contributed by atoms with Crippen LogP contribution in [-0.4, -0.2) is 34.7 Å². The molecule has 1 aromatic carbocycles. The number of hydrogen-bond donors (Lipinski definition) is 2. The van der Waals surface area contributed by atoms with Gasteiger partial charge in [0, 0.05) is 24.6 Å². The lowest BCUT2D eigenvalue weighted by Gasteiger charge is -2.14. The van der Waals surface area contributed by atoms with Crippen molar-refractivity contribution in [3.8, 4) is 5.75 Å². The van der Waals surface area contributed by atoms with Crippen LogP contribution in [0.15, 0.2) is 18.2 Å². The van der Waals surface area contributed by atoms with Crippen LogP contribution in [-0.2, 0) is 4.79 Å². The number of carboxylic acid groups (broad SMARTS) is 1. The first-order valence-corrected chi connectivity index (χ1v) is 6.91. The van der Waals surface area contributed by atoms with Crippen LogP contribution in [0.5, 0.6) is 5.75 Å². The van der Waals surface area contributed by atoms with E-state index in [1.165, 1.54) is 18.2 Å². The summed E-state index contributed by atoms with van der Waals surface area (Å²) in [5, 5.41) is 22.7. The minimum Gasteiger partial charge on any atom is -0.493 e. The summed E-state index contributed by atoms with van der Waals surface area (Å²) in [6.07, 6.45) is 2.31. The monoisotopic (exact) mass is 314 g/mol. The third kappa shape index (κ3) is 4.57. The molecule has 1 aliphatic rings. The van der Waals surface area contributed by atoms with E-state index in [2.05, 4.69) is 5.32 Å². The van der Waals surface area contributed by atoms with Gasteiger partial charge in [0.05, 0.1) is 11.5 Å². The van der Waals surface area contributed by atoms with E-state index in [1.54, 1.807) is 0 Å². The lowest BCUT2D eigenvalue weighted by molar-refractivity contribution is -0.384. The van der Waals surface area contributed by atoms with Gasteiger partial charge in [-0.3, -0.25) is 14.9 Å². The van der Waals surface area contributed by atoms with Crippen molar-refractivity contribution in [2.75, 3.05) is 6.61 Å². The predicted molar refractivity (Wildman–Crippen MR) is 75.8 cm³/mol. The third-order valence-electron chi connectivity index (χ3n) is 3.10. The summed E-state index contributed by atoms with van der Waals surface area (Å²) in [4.78, 5) is 21.1. The number of halogens is 1. The molecular formula is C13H15ClN2O5. The van der Waals surface area contributed by atoms with Gasteiger partial charge >= 0.3 is 5.97 Å². The first kappa shape index (κ1) is 15.5. The molecule has 2 rings (SSSR count). The number of carbonyl (C=O) groups is 1. The van der Waals surface area contributed by atoms with Gasteiger partial charge in [0.1, 0.15) is 16.8 Å². The molecular weight excluding hydrogens is 300 g/mol. The maximum absolute atomic E-state index is 11.1. The van der Waals surface area contributed by atoms with Crippen molar-refractivity contribution < 1.29 is 19.6 Å². The highest BCUT2D eigenvalue weighted by Gasteiger charge is 2.28. The van der Waals surface area contributed by atoms with Crippen LogP contribution in [0.3, 0.4) is 0 Å². The smallest absolute Gasteiger partial charge is 0.320 e. The third-order valence-corrected chi connectivity index (χ3v) is 3.41. The number of nitro benzene ring substituents is 1. The fourth-order valence-electron chi connectivity index (χ4n) is 1.83. The molecule has 2 N–H and O–H groups in total. The number of ether oxygens (including phenoxy) is 1. The number of carboxylic acids is 1. The second kappa shape index (κ2) is 6.73. The van der Waals surface area contributed by atoms with Crippen molar-refractivity contribution in [3.63, 3.8) is 0 Å². The topological polar surface area (TPSA) is 102 Å². The highest BCUT2D eigenvalue weighted by molar-refractivity contribution is 6.32. The van der Waals surface area contributed by atoms with Crippen molar-refractivity contribution in [2.45, 2.75) is 31.3 Å². The summed E-state index contributed by atoms with van der Waals surface area (Å²) in [6.45, 7) is 0.185. The molecule has 1 unspecified atom stereocenters. The van der Waals surface area contributed by atoms with E-state index in [9.17, 15) is 14.9 Å². The van der Waals surface area contributed by atoms with Crippen LogP contribution in [0, 0.1) is 10.1 Å². The van der Waals surface area contributed by atoms with Crippen LogP contribution in [0.2, 0.25) is 5.02 Å². The average Bonchev–Trinajstić information content (AvgIpc) is 3.21. The van der Waals surface area contributed by atoms with Crippen LogP contribution < -0.4 is 10.1 Å². The highest BCUT2D eigenvalue weighted by Crippen LogP contribution is 2.28. The quantitative estimate of drug-likeness (QED) is 0.563. The van der Waals surface area contributed by atoms with Crippen molar-refractivity contribution in [1.82, 2.24) is 5.32 Å². The van der Waals surface area contributed by atoms with Gasteiger partial charge in [-0.15, -0.1) is 0 Å². The number of aliphatic carboxylic acids is 1. The zero-order valence-corrected chi connectivity index (χ0v) is 11.9. The van der Waals surface area contributed by atoms with Gasteiger partial charge in [-0.1, -0.05) is 11.6 Å². The summed E-state index contributed by atoms with van der Waals surface area (Å²) < 4.78 is 5.39. The summed E-state index contributed by atoms with van der Waals surface area (Å²) >= 11 is 5.77. The molecule has 21 heavy (non-hydrogen) atoms. The van der Waals surface area contributed by atoms with Crippen LogP contribution >= 0.6 is 11.6 Å². The molecule has 0 saturated heterocycles. The number of nitro groups is 1. The van der Waals surface area contributed by atoms with E-state index >= 15 is 0 Å². The SMILES string of the molecule is O=C(O)C(CCOc1ccc([N+](=O)[O-])c(Cl)c1)NC1CC1. The molecule has 8 heteroatoms. The molecule has 0 radical (unpaired) electrons. The van der Waals surface area contributed by atoms with Gasteiger partial charge in [0.2, 0.25) is 0 Å². The first-order valence-electron chi connectivity index (χ1n) is 6.53. The van der Waals surface area contributed by atoms with E-state index < -0.39 is 16.9 Å². The molecule has 1 aromatic rings.